The van der Waals surface area contributed by atoms with E-state index in [4.69, 9.17) is 30.3 Å². The summed E-state index contributed by atoms with van der Waals surface area (Å²) in [6.45, 7) is 0. The van der Waals surface area contributed by atoms with Gasteiger partial charge in [-0.15, -0.1) is 11.3 Å². The summed E-state index contributed by atoms with van der Waals surface area (Å²) in [6, 6.07) is 35.9. The summed E-state index contributed by atoms with van der Waals surface area (Å²) in [6.07, 6.45) is 0. The maximum absolute atomic E-state index is 9.37. The van der Waals surface area contributed by atoms with Crippen molar-refractivity contribution in [3.8, 4) is 56.4 Å². The molecule has 8 aromatic carbocycles. The number of fused-ring (bicyclic) bond motifs is 8. The summed E-state index contributed by atoms with van der Waals surface area (Å²) in [4.78, 5) is 14.8. The number of benzene rings is 8. The molecule has 0 unspecified atom stereocenters. The Morgan fingerprint density at radius 3 is 1.93 bits per heavy atom. The lowest BCUT2D eigenvalue weighted by Crippen LogP contribution is -2.00. The zero-order valence-corrected chi connectivity index (χ0v) is 29.0. The number of nitrogens with zero attached hydrogens (tertiary/aromatic N) is 3. The molecular weight excluding hydrogens is 679 g/mol. The van der Waals surface area contributed by atoms with Crippen LogP contribution >= 0.6 is 11.3 Å². The lowest BCUT2D eigenvalue weighted by atomic mass is 9.99. The first kappa shape index (κ1) is 22.9. The van der Waals surface area contributed by atoms with Crippen molar-refractivity contribution in [3.05, 3.63) is 176 Å². The predicted molar refractivity (Wildman–Crippen MR) is 225 cm³/mol. The largest absolute Gasteiger partial charge is 0.456 e. The zero-order valence-electron chi connectivity index (χ0n) is 37.2. The Hall–Kier alpha value is -6.95. The van der Waals surface area contributed by atoms with Gasteiger partial charge in [0.1, 0.15) is 11.2 Å². The molecule has 0 spiro atoms. The van der Waals surface area contributed by atoms with E-state index in [1.165, 1.54) is 0 Å². The van der Waals surface area contributed by atoms with Crippen LogP contribution in [0.15, 0.2) is 180 Å². The van der Waals surface area contributed by atoms with E-state index >= 15 is 0 Å². The average Bonchev–Trinajstić information content (AvgIpc) is 3.91. The van der Waals surface area contributed by atoms with Gasteiger partial charge in [0.15, 0.2) is 17.5 Å². The van der Waals surface area contributed by atoms with Crippen LogP contribution in [-0.4, -0.2) is 15.0 Å². The number of furan rings is 1. The highest BCUT2D eigenvalue weighted by molar-refractivity contribution is 7.26. The molecule has 3 aromatic heterocycles. The second-order valence-electron chi connectivity index (χ2n) is 12.9. The Balaban J connectivity index is 1.04. The molecular formula is C49H29N3OS. The number of aromatic nitrogens is 3. The molecule has 0 atom stereocenters. The Kier molecular flexibility index (Phi) is 5.22. The van der Waals surface area contributed by atoms with Crippen LogP contribution in [0.5, 0.6) is 0 Å². The molecule has 5 heteroatoms. The summed E-state index contributed by atoms with van der Waals surface area (Å²) < 4.78 is 86.0. The van der Waals surface area contributed by atoms with Crippen LogP contribution in [0.3, 0.4) is 0 Å². The van der Waals surface area contributed by atoms with Gasteiger partial charge in [0.25, 0.3) is 0 Å². The molecule has 252 valence electrons. The van der Waals surface area contributed by atoms with Gasteiger partial charge in [-0.25, -0.2) is 15.0 Å². The van der Waals surface area contributed by atoms with Crippen LogP contribution in [0.25, 0.3) is 109 Å². The summed E-state index contributed by atoms with van der Waals surface area (Å²) >= 11 is 1.03. The van der Waals surface area contributed by atoms with Gasteiger partial charge in [0.05, 0.1) is 12.3 Å². The molecule has 0 aliphatic heterocycles. The third-order valence-corrected chi connectivity index (χ3v) is 10.7. The van der Waals surface area contributed by atoms with E-state index in [1.807, 2.05) is 78.9 Å². The Morgan fingerprint density at radius 1 is 0.463 bits per heavy atom. The van der Waals surface area contributed by atoms with Crippen LogP contribution in [-0.2, 0) is 0 Å². The van der Waals surface area contributed by atoms with Crippen LogP contribution in [0.1, 0.15) is 12.3 Å². The minimum Gasteiger partial charge on any atom is -0.456 e. The molecule has 0 fully saturated rings. The van der Waals surface area contributed by atoms with Crippen molar-refractivity contribution in [1.29, 1.82) is 0 Å². The topological polar surface area (TPSA) is 51.8 Å². The first-order chi connectivity index (χ1) is 30.5. The first-order valence-electron chi connectivity index (χ1n) is 21.8. The molecule has 11 aromatic rings. The molecule has 0 saturated heterocycles. The maximum atomic E-state index is 9.37. The summed E-state index contributed by atoms with van der Waals surface area (Å²) in [5.41, 5.74) is 6.48. The second-order valence-corrected chi connectivity index (χ2v) is 13.9. The maximum Gasteiger partial charge on any atom is 0.164 e. The quantitative estimate of drug-likeness (QED) is 0.178. The number of hydrogen-bond acceptors (Lipinski definition) is 5. The standard InChI is InChI=1S/C49H29N3OS/c1-3-10-31(11-4-1)37-16-9-17-42-45(37)41-27-24-36(28-43(41)53-42)49-51-47(33-13-5-2-6-14-33)50-48(52-49)34-20-18-30(19-21-34)35-23-25-39-40-26-22-32-12-7-8-15-38(32)46(40)54-44(39)29-35/h1-29H/i7D,8D,12D,15D,22D,23D,25D,26D,29D. The number of thiophene rings is 1. The fourth-order valence-corrected chi connectivity index (χ4v) is 8.13. The van der Waals surface area contributed by atoms with Gasteiger partial charge in [0, 0.05) is 47.6 Å². The lowest BCUT2D eigenvalue weighted by molar-refractivity contribution is 0.669. The lowest BCUT2D eigenvalue weighted by Gasteiger charge is -2.09. The van der Waals surface area contributed by atoms with E-state index in [2.05, 4.69) is 18.2 Å². The van der Waals surface area contributed by atoms with Gasteiger partial charge < -0.3 is 4.42 Å². The van der Waals surface area contributed by atoms with Gasteiger partial charge in [-0.05, 0) is 57.3 Å². The van der Waals surface area contributed by atoms with Crippen molar-refractivity contribution in [2.24, 2.45) is 0 Å². The summed E-state index contributed by atoms with van der Waals surface area (Å²) in [5.74, 6) is 1.30. The molecule has 4 nitrogen and oxygen atoms in total. The molecule has 11 rings (SSSR count). The minimum atomic E-state index is -0.506. The van der Waals surface area contributed by atoms with E-state index in [0.29, 0.717) is 34.2 Å². The average molecular weight is 717 g/mol. The molecule has 0 amide bonds. The molecule has 0 aliphatic carbocycles. The molecule has 0 aliphatic rings. The summed E-state index contributed by atoms with van der Waals surface area (Å²) in [5, 5.41) is 2.24. The van der Waals surface area contributed by atoms with Gasteiger partial charge in [-0.2, -0.15) is 0 Å². The van der Waals surface area contributed by atoms with E-state index in [0.717, 1.165) is 49.9 Å². The van der Waals surface area contributed by atoms with Crippen LogP contribution < -0.4 is 0 Å². The molecule has 54 heavy (non-hydrogen) atoms. The fourth-order valence-electron chi connectivity index (χ4n) is 7.01. The predicted octanol–water partition coefficient (Wildman–Crippen LogP) is 13.6. The van der Waals surface area contributed by atoms with Crippen LogP contribution in [0.4, 0.5) is 0 Å². The van der Waals surface area contributed by atoms with Crippen molar-refractivity contribution < 1.29 is 16.8 Å². The van der Waals surface area contributed by atoms with E-state index < -0.39 is 24.2 Å². The summed E-state index contributed by atoms with van der Waals surface area (Å²) in [7, 11) is 0. The van der Waals surface area contributed by atoms with Gasteiger partial charge in [-0.3, -0.25) is 0 Å². The fraction of sp³-hybridized carbons (Fsp3) is 0. The number of rotatable bonds is 5. The SMILES string of the molecule is [2H]c1c([2H])c([2H])c2c(c1[2H])c([2H])c([2H])c1c2sc2c([2H])c(-c3ccc(-c4nc(-c5ccccc5)nc(-c5ccc6c(c5)oc5cccc(-c7ccccc7)c56)n4)cc3)c([2H])c([2H])c21. The molecule has 0 bridgehead atoms. The van der Waals surface area contributed by atoms with Crippen LogP contribution in [0, 0.1) is 0 Å². The first-order valence-corrected chi connectivity index (χ1v) is 18.1. The second kappa shape index (κ2) is 12.3. The van der Waals surface area contributed by atoms with Crippen LogP contribution in [0.2, 0.25) is 0 Å². The van der Waals surface area contributed by atoms with Crippen molar-refractivity contribution in [2.75, 3.05) is 0 Å². The third kappa shape index (κ3) is 5.09. The highest BCUT2D eigenvalue weighted by Crippen LogP contribution is 2.41. The van der Waals surface area contributed by atoms with Crippen molar-refractivity contribution >= 4 is 64.2 Å². The van der Waals surface area contributed by atoms with Crippen molar-refractivity contribution in [2.45, 2.75) is 0 Å². The van der Waals surface area contributed by atoms with E-state index in [9.17, 15) is 1.37 Å². The Labute approximate surface area is 327 Å². The van der Waals surface area contributed by atoms with E-state index in [-0.39, 0.29) is 66.7 Å². The monoisotopic (exact) mass is 716 g/mol. The van der Waals surface area contributed by atoms with Gasteiger partial charge >= 0.3 is 0 Å². The molecule has 0 radical (unpaired) electrons. The molecule has 3 heterocycles. The Bertz CT molecular complexity index is 3730. The van der Waals surface area contributed by atoms with Gasteiger partial charge in [0.2, 0.25) is 0 Å². The molecule has 0 saturated carbocycles. The van der Waals surface area contributed by atoms with E-state index in [1.54, 1.807) is 24.3 Å². The number of hydrogen-bond donors (Lipinski definition) is 0. The highest BCUT2D eigenvalue weighted by Gasteiger charge is 2.17. The van der Waals surface area contributed by atoms with Gasteiger partial charge in [-0.1, -0.05) is 151 Å². The zero-order chi connectivity index (χ0) is 43.4. The van der Waals surface area contributed by atoms with Crippen molar-refractivity contribution in [1.82, 2.24) is 15.0 Å². The molecule has 0 N–H and O–H groups in total. The minimum absolute atomic E-state index is 0.0643. The third-order valence-electron chi connectivity index (χ3n) is 9.63. The Morgan fingerprint density at radius 2 is 1.13 bits per heavy atom. The highest BCUT2D eigenvalue weighted by atomic mass is 32.1. The smallest absolute Gasteiger partial charge is 0.164 e. The normalized spacial score (nSPS) is 14.0. The van der Waals surface area contributed by atoms with Crippen molar-refractivity contribution in [3.63, 3.8) is 0 Å².